The van der Waals surface area contributed by atoms with Gasteiger partial charge in [0.05, 0.1) is 0 Å². The van der Waals surface area contributed by atoms with Gasteiger partial charge in [0.25, 0.3) is 0 Å². The summed E-state index contributed by atoms with van der Waals surface area (Å²) in [5.41, 5.74) is 13.5. The summed E-state index contributed by atoms with van der Waals surface area (Å²) in [5, 5.41) is 3.64. The van der Waals surface area contributed by atoms with Gasteiger partial charge < -0.3 is 10.2 Å². The molecule has 1 aliphatic heterocycles. The molecule has 0 fully saturated rings. The molecule has 0 saturated heterocycles. The molecule has 2 nitrogen and oxygen atoms in total. The minimum atomic E-state index is -0.0698. The Morgan fingerprint density at radius 3 is 1.73 bits per heavy atom. The van der Waals surface area contributed by atoms with Gasteiger partial charge in [0.1, 0.15) is 0 Å². The van der Waals surface area contributed by atoms with Crippen LogP contribution in [0.1, 0.15) is 36.1 Å². The van der Waals surface area contributed by atoms with Crippen molar-refractivity contribution in [2.24, 2.45) is 0 Å². The van der Waals surface area contributed by atoms with E-state index in [4.69, 9.17) is 0 Å². The summed E-state index contributed by atoms with van der Waals surface area (Å²) in [6.07, 6.45) is 0. The van der Waals surface area contributed by atoms with Crippen LogP contribution in [0.3, 0.4) is 0 Å². The Balaban J connectivity index is 1.40. The number of fused-ring (bicyclic) bond motifs is 2. The average Bonchev–Trinajstić information content (AvgIpc) is 2.91. The van der Waals surface area contributed by atoms with Crippen molar-refractivity contribution in [1.82, 2.24) is 0 Å². The minimum absolute atomic E-state index is 0.0698. The van der Waals surface area contributed by atoms with E-state index in [0.29, 0.717) is 0 Å². The minimum Gasteiger partial charge on any atom is -0.355 e. The van der Waals surface area contributed by atoms with Gasteiger partial charge in [0.2, 0.25) is 0 Å². The van der Waals surface area contributed by atoms with Gasteiger partial charge in [-0.15, -0.1) is 0 Å². The predicted molar refractivity (Wildman–Crippen MR) is 158 cm³/mol. The number of nitrogens with zero attached hydrogens (tertiary/aromatic N) is 1. The van der Waals surface area contributed by atoms with Crippen molar-refractivity contribution in [3.8, 4) is 11.1 Å². The Kier molecular flexibility index (Phi) is 5.61. The van der Waals surface area contributed by atoms with Crippen LogP contribution in [0.25, 0.3) is 11.1 Å². The second-order valence-corrected chi connectivity index (χ2v) is 10.5. The van der Waals surface area contributed by atoms with Gasteiger partial charge in [-0.2, -0.15) is 0 Å². The lowest BCUT2D eigenvalue weighted by Crippen LogP contribution is -2.25. The van der Waals surface area contributed by atoms with Crippen LogP contribution in [0.4, 0.5) is 28.4 Å². The normalized spacial score (nSPS) is 13.3. The van der Waals surface area contributed by atoms with Crippen LogP contribution in [-0.2, 0) is 5.41 Å². The smallest absolute Gasteiger partial charge is 0.0490 e. The molecule has 0 saturated carbocycles. The van der Waals surface area contributed by atoms with Crippen molar-refractivity contribution in [1.29, 1.82) is 0 Å². The van der Waals surface area contributed by atoms with E-state index in [1.807, 2.05) is 0 Å². The van der Waals surface area contributed by atoms with Crippen molar-refractivity contribution in [3.63, 3.8) is 0 Å². The van der Waals surface area contributed by atoms with Crippen molar-refractivity contribution < 1.29 is 0 Å². The molecule has 0 aliphatic carbocycles. The molecule has 0 aromatic heterocycles. The third-order valence-electron chi connectivity index (χ3n) is 7.73. The lowest BCUT2D eigenvalue weighted by Gasteiger charge is -2.36. The van der Waals surface area contributed by atoms with Crippen LogP contribution in [0, 0.1) is 13.8 Å². The highest BCUT2D eigenvalue weighted by molar-refractivity contribution is 5.83. The molecule has 1 heterocycles. The molecule has 0 atom stereocenters. The number of nitrogens with one attached hydrogen (secondary N) is 1. The third kappa shape index (κ3) is 3.99. The highest BCUT2D eigenvalue weighted by atomic mass is 15.1. The lowest BCUT2D eigenvalue weighted by atomic mass is 9.73. The molecule has 0 spiro atoms. The maximum atomic E-state index is 3.64. The van der Waals surface area contributed by atoms with Crippen LogP contribution in [0.2, 0.25) is 0 Å². The summed E-state index contributed by atoms with van der Waals surface area (Å²) in [6.45, 7) is 8.99. The van der Waals surface area contributed by atoms with Crippen molar-refractivity contribution in [2.45, 2.75) is 33.1 Å². The van der Waals surface area contributed by atoms with E-state index in [0.717, 1.165) is 5.69 Å². The standard InChI is InChI=1S/C35H32N2/c1-24-11-5-9-15-33(24)37(34-16-10-6-12-25(34)2)28-20-17-26(18-21-28)27-19-22-32-30(23-27)35(3,4)29-13-7-8-14-31(29)36-32/h5-23,36H,1-4H3. The molecule has 2 heteroatoms. The Hall–Kier alpha value is -4.30. The first-order valence-corrected chi connectivity index (χ1v) is 13.0. The first kappa shape index (κ1) is 23.1. The third-order valence-corrected chi connectivity index (χ3v) is 7.73. The van der Waals surface area contributed by atoms with Crippen LogP contribution in [0.15, 0.2) is 115 Å². The van der Waals surface area contributed by atoms with Gasteiger partial charge in [-0.05, 0) is 89.7 Å². The fraction of sp³-hybridized carbons (Fsp3) is 0.143. The summed E-state index contributed by atoms with van der Waals surface area (Å²) < 4.78 is 0. The molecule has 6 rings (SSSR count). The summed E-state index contributed by atoms with van der Waals surface area (Å²) in [6, 6.07) is 41.6. The Bertz CT molecular complexity index is 1550. The van der Waals surface area contributed by atoms with E-state index >= 15 is 0 Å². The second-order valence-electron chi connectivity index (χ2n) is 10.5. The summed E-state index contributed by atoms with van der Waals surface area (Å²) in [4.78, 5) is 2.37. The molecule has 37 heavy (non-hydrogen) atoms. The average molecular weight is 481 g/mol. The van der Waals surface area contributed by atoms with E-state index in [9.17, 15) is 0 Å². The number of aryl methyl sites for hydroxylation is 2. The van der Waals surface area contributed by atoms with E-state index < -0.39 is 0 Å². The zero-order chi connectivity index (χ0) is 25.6. The van der Waals surface area contributed by atoms with Crippen LogP contribution < -0.4 is 10.2 Å². The van der Waals surface area contributed by atoms with Crippen LogP contribution in [-0.4, -0.2) is 0 Å². The molecule has 5 aromatic carbocycles. The molecule has 0 radical (unpaired) electrons. The predicted octanol–water partition coefficient (Wildman–Crippen LogP) is 9.82. The molecule has 182 valence electrons. The van der Waals surface area contributed by atoms with Crippen molar-refractivity contribution >= 4 is 28.4 Å². The first-order chi connectivity index (χ1) is 17.9. The van der Waals surface area contributed by atoms with Gasteiger partial charge in [0.15, 0.2) is 0 Å². The van der Waals surface area contributed by atoms with E-state index in [1.54, 1.807) is 0 Å². The summed E-state index contributed by atoms with van der Waals surface area (Å²) in [5.74, 6) is 0. The molecule has 0 unspecified atom stereocenters. The van der Waals surface area contributed by atoms with Gasteiger partial charge in [-0.3, -0.25) is 0 Å². The van der Waals surface area contributed by atoms with E-state index in [-0.39, 0.29) is 5.41 Å². The number of benzene rings is 5. The van der Waals surface area contributed by atoms with Gasteiger partial charge in [0, 0.05) is 33.9 Å². The quantitative estimate of drug-likeness (QED) is 0.275. The first-order valence-electron chi connectivity index (χ1n) is 13.0. The molecular formula is C35H32N2. The maximum absolute atomic E-state index is 3.64. The van der Waals surface area contributed by atoms with Crippen LogP contribution in [0.5, 0.6) is 0 Å². The number of hydrogen-bond acceptors (Lipinski definition) is 2. The van der Waals surface area contributed by atoms with Crippen molar-refractivity contribution in [3.05, 3.63) is 138 Å². The second kappa shape index (κ2) is 8.97. The number of anilines is 5. The Morgan fingerprint density at radius 2 is 1.08 bits per heavy atom. The number of para-hydroxylation sites is 3. The van der Waals surface area contributed by atoms with Gasteiger partial charge in [-0.25, -0.2) is 0 Å². The van der Waals surface area contributed by atoms with Gasteiger partial charge >= 0.3 is 0 Å². The molecular weight excluding hydrogens is 448 g/mol. The SMILES string of the molecule is Cc1ccccc1N(c1ccc(-c2ccc3c(c2)C(C)(C)c2ccccc2N3)cc1)c1ccccc1C. The Labute approximate surface area is 220 Å². The molecule has 1 N–H and O–H groups in total. The van der Waals surface area contributed by atoms with E-state index in [2.05, 4.69) is 153 Å². The van der Waals surface area contributed by atoms with Crippen molar-refractivity contribution in [2.75, 3.05) is 10.2 Å². The highest BCUT2D eigenvalue weighted by Crippen LogP contribution is 2.46. The fourth-order valence-corrected chi connectivity index (χ4v) is 5.62. The highest BCUT2D eigenvalue weighted by Gasteiger charge is 2.32. The zero-order valence-electron chi connectivity index (χ0n) is 21.9. The molecule has 0 amide bonds. The number of rotatable bonds is 4. The van der Waals surface area contributed by atoms with E-state index in [1.165, 1.54) is 56.1 Å². The number of hydrogen-bond donors (Lipinski definition) is 1. The molecule has 5 aromatic rings. The summed E-state index contributed by atoms with van der Waals surface area (Å²) >= 11 is 0. The zero-order valence-corrected chi connectivity index (χ0v) is 21.9. The Morgan fingerprint density at radius 1 is 0.541 bits per heavy atom. The monoisotopic (exact) mass is 480 g/mol. The van der Waals surface area contributed by atoms with Crippen LogP contribution >= 0.6 is 0 Å². The molecule has 0 bridgehead atoms. The molecule has 1 aliphatic rings. The fourth-order valence-electron chi connectivity index (χ4n) is 5.62. The lowest BCUT2D eigenvalue weighted by molar-refractivity contribution is 0.638. The maximum Gasteiger partial charge on any atom is 0.0490 e. The largest absolute Gasteiger partial charge is 0.355 e. The summed E-state index contributed by atoms with van der Waals surface area (Å²) in [7, 11) is 0. The van der Waals surface area contributed by atoms with Gasteiger partial charge in [-0.1, -0.05) is 86.6 Å². The topological polar surface area (TPSA) is 15.3 Å².